The van der Waals surface area contributed by atoms with Crippen LogP contribution in [0.4, 0.5) is 4.79 Å². The first-order chi connectivity index (χ1) is 11.0. The second-order valence-electron chi connectivity index (χ2n) is 6.52. The molecule has 8 nitrogen and oxygen atoms in total. The van der Waals surface area contributed by atoms with Gasteiger partial charge in [0.1, 0.15) is 6.33 Å². The van der Waals surface area contributed by atoms with Crippen molar-refractivity contribution in [3.05, 3.63) is 12.2 Å². The minimum atomic E-state index is -0.218. The Balaban J connectivity index is 1.72. The third-order valence-corrected chi connectivity index (χ3v) is 3.82. The fourth-order valence-electron chi connectivity index (χ4n) is 2.79. The molecule has 0 spiro atoms. The quantitative estimate of drug-likeness (QED) is 0.797. The maximum Gasteiger partial charge on any atom is 0.315 e. The molecule has 130 valence electrons. The van der Waals surface area contributed by atoms with Crippen LogP contribution >= 0.6 is 0 Å². The Hall–Kier alpha value is -1.67. The molecule has 2 atom stereocenters. The molecule has 0 radical (unpaired) electrons. The molecule has 1 aliphatic heterocycles. The van der Waals surface area contributed by atoms with Gasteiger partial charge in [-0.2, -0.15) is 0 Å². The summed E-state index contributed by atoms with van der Waals surface area (Å²) in [5, 5.41) is 13.6. The van der Waals surface area contributed by atoms with Crippen LogP contribution in [0.1, 0.15) is 32.6 Å². The average Bonchev–Trinajstić information content (AvgIpc) is 2.91. The summed E-state index contributed by atoms with van der Waals surface area (Å²) in [7, 11) is 1.85. The summed E-state index contributed by atoms with van der Waals surface area (Å²) in [5.74, 6) is 1.36. The number of ether oxygens (including phenoxy) is 1. The number of aromatic nitrogens is 3. The molecule has 1 saturated heterocycles. The van der Waals surface area contributed by atoms with Crippen molar-refractivity contribution in [2.75, 3.05) is 32.8 Å². The van der Waals surface area contributed by atoms with Crippen molar-refractivity contribution < 1.29 is 9.53 Å². The highest BCUT2D eigenvalue weighted by atomic mass is 16.5. The lowest BCUT2D eigenvalue weighted by Gasteiger charge is -2.34. The van der Waals surface area contributed by atoms with Crippen molar-refractivity contribution in [2.24, 2.45) is 13.0 Å². The molecule has 1 aliphatic rings. The zero-order valence-electron chi connectivity index (χ0n) is 14.5. The van der Waals surface area contributed by atoms with E-state index >= 15 is 0 Å². The fraction of sp³-hybridized carbons (Fsp3) is 0.800. The van der Waals surface area contributed by atoms with Crippen molar-refractivity contribution in [3.63, 3.8) is 0 Å². The minimum absolute atomic E-state index is 0.0402. The predicted molar refractivity (Wildman–Crippen MR) is 87.0 cm³/mol. The number of urea groups is 1. The Bertz CT molecular complexity index is 504. The highest BCUT2D eigenvalue weighted by Gasteiger charge is 2.22. The Labute approximate surface area is 137 Å². The molecule has 2 rings (SSSR count). The molecule has 0 aliphatic carbocycles. The van der Waals surface area contributed by atoms with Gasteiger partial charge in [0, 0.05) is 33.2 Å². The van der Waals surface area contributed by atoms with E-state index in [2.05, 4.69) is 39.6 Å². The maximum atomic E-state index is 12.0. The van der Waals surface area contributed by atoms with Gasteiger partial charge in [-0.25, -0.2) is 4.79 Å². The van der Waals surface area contributed by atoms with Crippen molar-refractivity contribution in [2.45, 2.75) is 32.9 Å². The number of carbonyl (C=O) groups excluding carboxylic acids is 1. The van der Waals surface area contributed by atoms with Gasteiger partial charge in [-0.1, -0.05) is 13.8 Å². The summed E-state index contributed by atoms with van der Waals surface area (Å²) in [6, 6.07) is -0.419. The van der Waals surface area contributed by atoms with Crippen LogP contribution < -0.4 is 10.6 Å². The summed E-state index contributed by atoms with van der Waals surface area (Å²) in [6.45, 7) is 10.4. The molecule has 1 aromatic rings. The zero-order valence-corrected chi connectivity index (χ0v) is 14.5. The SMILES string of the molecule is CC(C)CN1CCO[C@H](CNC(=O)N[C@H](C)c2nncn2C)C1. The van der Waals surface area contributed by atoms with Crippen LogP contribution in [0.5, 0.6) is 0 Å². The van der Waals surface area contributed by atoms with Gasteiger partial charge in [0.15, 0.2) is 5.82 Å². The van der Waals surface area contributed by atoms with Crippen LogP contribution in [-0.4, -0.2) is 64.6 Å². The van der Waals surface area contributed by atoms with Gasteiger partial charge in [0.25, 0.3) is 0 Å². The summed E-state index contributed by atoms with van der Waals surface area (Å²) >= 11 is 0. The van der Waals surface area contributed by atoms with Crippen LogP contribution in [0, 0.1) is 5.92 Å². The van der Waals surface area contributed by atoms with Gasteiger partial charge in [0.2, 0.25) is 0 Å². The number of aryl methyl sites for hydroxylation is 1. The van der Waals surface area contributed by atoms with Crippen LogP contribution in [0.3, 0.4) is 0 Å². The lowest BCUT2D eigenvalue weighted by Crippen LogP contribution is -2.50. The molecule has 0 aromatic carbocycles. The number of carbonyl (C=O) groups is 1. The molecule has 0 saturated carbocycles. The van der Waals surface area contributed by atoms with Crippen molar-refractivity contribution in [1.82, 2.24) is 30.3 Å². The van der Waals surface area contributed by atoms with Gasteiger partial charge in [0.05, 0.1) is 18.8 Å². The number of morpholine rings is 1. The minimum Gasteiger partial charge on any atom is -0.374 e. The average molecular weight is 324 g/mol. The second kappa shape index (κ2) is 8.26. The molecule has 8 heteroatoms. The third-order valence-electron chi connectivity index (χ3n) is 3.82. The highest BCUT2D eigenvalue weighted by molar-refractivity contribution is 5.74. The van der Waals surface area contributed by atoms with E-state index in [1.54, 1.807) is 10.9 Å². The largest absolute Gasteiger partial charge is 0.374 e. The van der Waals surface area contributed by atoms with Crippen molar-refractivity contribution >= 4 is 6.03 Å². The van der Waals surface area contributed by atoms with Crippen molar-refractivity contribution in [3.8, 4) is 0 Å². The molecule has 2 N–H and O–H groups in total. The lowest BCUT2D eigenvalue weighted by molar-refractivity contribution is -0.0290. The van der Waals surface area contributed by atoms with Crippen LogP contribution in [0.2, 0.25) is 0 Å². The predicted octanol–water partition coefficient (Wildman–Crippen LogP) is 0.532. The standard InChI is InChI=1S/C15H28N6O2/c1-11(2)8-21-5-6-23-13(9-21)7-16-15(22)18-12(3)14-19-17-10-20(14)4/h10-13H,5-9H2,1-4H3,(H2,16,18,22)/t12-,13-/m1/s1. The molecule has 2 heterocycles. The van der Waals surface area contributed by atoms with Crippen LogP contribution in [0.15, 0.2) is 6.33 Å². The second-order valence-corrected chi connectivity index (χ2v) is 6.52. The van der Waals surface area contributed by atoms with E-state index in [9.17, 15) is 4.79 Å². The smallest absolute Gasteiger partial charge is 0.315 e. The molecular weight excluding hydrogens is 296 g/mol. The van der Waals surface area contributed by atoms with Gasteiger partial charge in [-0.3, -0.25) is 4.90 Å². The van der Waals surface area contributed by atoms with Crippen LogP contribution in [0.25, 0.3) is 0 Å². The monoisotopic (exact) mass is 324 g/mol. The van der Waals surface area contributed by atoms with Gasteiger partial charge >= 0.3 is 6.03 Å². The molecule has 23 heavy (non-hydrogen) atoms. The van der Waals surface area contributed by atoms with Gasteiger partial charge in [-0.05, 0) is 12.8 Å². The summed E-state index contributed by atoms with van der Waals surface area (Å²) in [4.78, 5) is 14.4. The number of hydrogen-bond acceptors (Lipinski definition) is 5. The lowest BCUT2D eigenvalue weighted by atomic mass is 10.2. The number of amides is 2. The van der Waals surface area contributed by atoms with E-state index in [0.717, 1.165) is 32.1 Å². The van der Waals surface area contributed by atoms with E-state index in [-0.39, 0.29) is 18.2 Å². The van der Waals surface area contributed by atoms with Crippen LogP contribution in [-0.2, 0) is 11.8 Å². The van der Waals surface area contributed by atoms with Crippen molar-refractivity contribution in [1.29, 1.82) is 0 Å². The highest BCUT2D eigenvalue weighted by Crippen LogP contribution is 2.08. The zero-order chi connectivity index (χ0) is 16.8. The first-order valence-corrected chi connectivity index (χ1v) is 8.18. The van der Waals surface area contributed by atoms with E-state index in [0.29, 0.717) is 12.5 Å². The van der Waals surface area contributed by atoms with E-state index in [1.165, 1.54) is 0 Å². The maximum absolute atomic E-state index is 12.0. The Morgan fingerprint density at radius 2 is 2.26 bits per heavy atom. The number of rotatable bonds is 6. The van der Waals surface area contributed by atoms with Gasteiger partial charge in [-0.15, -0.1) is 10.2 Å². The molecular formula is C15H28N6O2. The number of hydrogen-bond donors (Lipinski definition) is 2. The Kier molecular flexibility index (Phi) is 6.35. The van der Waals surface area contributed by atoms with E-state index in [1.807, 2.05) is 14.0 Å². The first-order valence-electron chi connectivity index (χ1n) is 8.18. The Morgan fingerprint density at radius 3 is 2.91 bits per heavy atom. The summed E-state index contributed by atoms with van der Waals surface area (Å²) in [5.41, 5.74) is 0. The molecule has 2 amide bonds. The Morgan fingerprint density at radius 1 is 1.48 bits per heavy atom. The molecule has 1 fully saturated rings. The molecule has 1 aromatic heterocycles. The topological polar surface area (TPSA) is 84.3 Å². The number of nitrogens with zero attached hydrogens (tertiary/aromatic N) is 4. The molecule has 0 unspecified atom stereocenters. The van der Waals surface area contributed by atoms with E-state index in [4.69, 9.17) is 4.74 Å². The van der Waals surface area contributed by atoms with Gasteiger partial charge < -0.3 is 19.9 Å². The third kappa shape index (κ3) is 5.47. The fourth-order valence-corrected chi connectivity index (χ4v) is 2.79. The normalized spacial score (nSPS) is 20.5. The number of nitrogens with one attached hydrogen (secondary N) is 2. The van der Waals surface area contributed by atoms with E-state index < -0.39 is 0 Å². The first kappa shape index (κ1) is 17.7. The summed E-state index contributed by atoms with van der Waals surface area (Å²) in [6.07, 6.45) is 1.66. The molecule has 0 bridgehead atoms. The summed E-state index contributed by atoms with van der Waals surface area (Å²) < 4.78 is 7.52.